The van der Waals surface area contributed by atoms with Gasteiger partial charge in [-0.3, -0.25) is 9.35 Å². The summed E-state index contributed by atoms with van der Waals surface area (Å²) in [4.78, 5) is 29.4. The molecule has 0 radical (unpaired) electrons. The van der Waals surface area contributed by atoms with E-state index in [0.29, 0.717) is 23.1 Å². The van der Waals surface area contributed by atoms with Gasteiger partial charge in [-0.2, -0.15) is 4.31 Å². The van der Waals surface area contributed by atoms with Crippen molar-refractivity contribution in [2.75, 3.05) is 27.3 Å². The molecule has 0 bridgehead atoms. The maximum Gasteiger partial charge on any atom is 0.341 e. The molecule has 0 aliphatic carbocycles. The number of nitrogens with one attached hydrogen (secondary N) is 1. The minimum atomic E-state index is -2.37. The van der Waals surface area contributed by atoms with Crippen molar-refractivity contribution in [1.82, 2.24) is 14.6 Å². The molecule has 4 aromatic rings. The summed E-state index contributed by atoms with van der Waals surface area (Å²) < 4.78 is 53.5. The zero-order valence-corrected chi connectivity index (χ0v) is 22.9. The molecule has 2 aromatic heterocycles. The molecule has 0 aliphatic rings. The molecule has 2 N–H and O–H groups in total. The number of para-hydroxylation sites is 1. The van der Waals surface area contributed by atoms with Gasteiger partial charge in [-0.15, -0.1) is 0 Å². The first-order valence-corrected chi connectivity index (χ1v) is 13.4. The van der Waals surface area contributed by atoms with Crippen molar-refractivity contribution in [2.24, 2.45) is 0 Å². The van der Waals surface area contributed by atoms with Gasteiger partial charge in [0.1, 0.15) is 29.5 Å². The van der Waals surface area contributed by atoms with Crippen LogP contribution in [0.15, 0.2) is 59.0 Å². The standard InChI is InChI=1S/C28H28FN3O7S/c1-4-17-15-21-24(26(33)30-2)25(18-9-11-19(29)12-10-18)39-27(21)31-22(17)16-32(40(35)36)13-14-38-23-8-6-5-7-20(23)28(34)37-3/h5-12,15H,4,13-14,16H2,1-3H3,(H,30,33)(H,35,36). The number of ether oxygens (including phenoxy) is 2. The number of pyridine rings is 1. The highest BCUT2D eigenvalue weighted by atomic mass is 32.2. The molecule has 10 nitrogen and oxygen atoms in total. The summed E-state index contributed by atoms with van der Waals surface area (Å²) in [5, 5.41) is 3.08. The molecule has 2 heterocycles. The fraction of sp³-hybridized carbons (Fsp3) is 0.250. The number of carbonyl (C=O) groups is 2. The zero-order valence-electron chi connectivity index (χ0n) is 22.1. The first-order chi connectivity index (χ1) is 19.3. The van der Waals surface area contributed by atoms with Crippen LogP contribution in [0.5, 0.6) is 5.75 Å². The quantitative estimate of drug-likeness (QED) is 0.201. The lowest BCUT2D eigenvalue weighted by atomic mass is 10.0. The molecule has 1 amide bonds. The number of nitrogens with zero attached hydrogens (tertiary/aromatic N) is 2. The molecule has 1 unspecified atom stereocenters. The molecule has 0 fully saturated rings. The summed E-state index contributed by atoms with van der Waals surface area (Å²) in [6, 6.07) is 13.9. The third-order valence-corrected chi connectivity index (χ3v) is 6.98. The second-order valence-electron chi connectivity index (χ2n) is 8.62. The topological polar surface area (TPSA) is 131 Å². The normalized spacial score (nSPS) is 11.9. The Morgan fingerprint density at radius 2 is 1.90 bits per heavy atom. The Morgan fingerprint density at radius 3 is 2.55 bits per heavy atom. The number of amides is 1. The molecular weight excluding hydrogens is 541 g/mol. The second-order valence-corrected chi connectivity index (χ2v) is 9.60. The number of aryl methyl sites for hydroxylation is 1. The van der Waals surface area contributed by atoms with Gasteiger partial charge in [0.15, 0.2) is 0 Å². The van der Waals surface area contributed by atoms with Crippen LogP contribution in [0.25, 0.3) is 22.4 Å². The van der Waals surface area contributed by atoms with Gasteiger partial charge in [0.25, 0.3) is 5.91 Å². The monoisotopic (exact) mass is 569 g/mol. The molecule has 0 saturated carbocycles. The number of hydrogen-bond donors (Lipinski definition) is 2. The summed E-state index contributed by atoms with van der Waals surface area (Å²) in [7, 11) is 2.77. The van der Waals surface area contributed by atoms with Crippen LogP contribution < -0.4 is 10.1 Å². The van der Waals surface area contributed by atoms with Gasteiger partial charge in [-0.25, -0.2) is 18.4 Å². The van der Waals surface area contributed by atoms with E-state index in [-0.39, 0.29) is 48.0 Å². The smallest absolute Gasteiger partial charge is 0.341 e. The van der Waals surface area contributed by atoms with Gasteiger partial charge in [0, 0.05) is 19.2 Å². The Labute approximate surface area is 232 Å². The Kier molecular flexibility index (Phi) is 9.25. The molecule has 210 valence electrons. The van der Waals surface area contributed by atoms with E-state index in [2.05, 4.69) is 10.3 Å². The molecular formula is C28H28FN3O7S. The predicted octanol–water partition coefficient (Wildman–Crippen LogP) is 4.36. The van der Waals surface area contributed by atoms with E-state index >= 15 is 0 Å². The van der Waals surface area contributed by atoms with Crippen molar-refractivity contribution in [3.8, 4) is 17.1 Å². The number of furan rings is 1. The summed E-state index contributed by atoms with van der Waals surface area (Å²) >= 11 is -2.37. The van der Waals surface area contributed by atoms with Crippen LogP contribution in [0.2, 0.25) is 0 Å². The molecule has 40 heavy (non-hydrogen) atoms. The van der Waals surface area contributed by atoms with Gasteiger partial charge in [-0.05, 0) is 54.4 Å². The van der Waals surface area contributed by atoms with Gasteiger partial charge in [0.05, 0.1) is 30.3 Å². The molecule has 0 aliphatic heterocycles. The minimum Gasteiger partial charge on any atom is -0.491 e. The molecule has 2 aromatic carbocycles. The van der Waals surface area contributed by atoms with Crippen molar-refractivity contribution in [3.05, 3.63) is 82.8 Å². The van der Waals surface area contributed by atoms with Gasteiger partial charge in [0.2, 0.25) is 17.0 Å². The van der Waals surface area contributed by atoms with Crippen molar-refractivity contribution in [3.63, 3.8) is 0 Å². The average Bonchev–Trinajstić information content (AvgIpc) is 3.34. The van der Waals surface area contributed by atoms with E-state index < -0.39 is 29.0 Å². The zero-order chi connectivity index (χ0) is 28.8. The van der Waals surface area contributed by atoms with Crippen molar-refractivity contribution < 1.29 is 36.6 Å². The van der Waals surface area contributed by atoms with Crippen LogP contribution in [0.4, 0.5) is 4.39 Å². The van der Waals surface area contributed by atoms with Crippen molar-refractivity contribution in [1.29, 1.82) is 0 Å². The molecule has 1 atom stereocenters. The highest BCUT2D eigenvalue weighted by Crippen LogP contribution is 2.34. The summed E-state index contributed by atoms with van der Waals surface area (Å²) in [6.07, 6.45) is 0.525. The van der Waals surface area contributed by atoms with Crippen molar-refractivity contribution in [2.45, 2.75) is 19.9 Å². The predicted molar refractivity (Wildman–Crippen MR) is 147 cm³/mol. The number of fused-ring (bicyclic) bond motifs is 1. The number of esters is 1. The number of benzene rings is 2. The summed E-state index contributed by atoms with van der Waals surface area (Å²) in [5.41, 5.74) is 2.39. The lowest BCUT2D eigenvalue weighted by molar-refractivity contribution is 0.0595. The third-order valence-electron chi connectivity index (χ3n) is 6.23. The van der Waals surface area contributed by atoms with Gasteiger partial charge >= 0.3 is 5.97 Å². The van der Waals surface area contributed by atoms with Crippen LogP contribution >= 0.6 is 0 Å². The van der Waals surface area contributed by atoms with Gasteiger partial charge < -0.3 is 19.2 Å². The summed E-state index contributed by atoms with van der Waals surface area (Å²) in [6.45, 7) is 1.91. The SMILES string of the molecule is CCc1cc2c(C(=O)NC)c(-c3ccc(F)cc3)oc2nc1CN(CCOc1ccccc1C(=O)OC)S(=O)O. The Balaban J connectivity index is 1.63. The van der Waals surface area contributed by atoms with E-state index in [1.165, 1.54) is 42.7 Å². The number of halogens is 1. The fourth-order valence-electron chi connectivity index (χ4n) is 4.21. The van der Waals surface area contributed by atoms with Crippen LogP contribution in [-0.4, -0.2) is 57.2 Å². The maximum atomic E-state index is 13.5. The average molecular weight is 570 g/mol. The van der Waals surface area contributed by atoms with Crippen LogP contribution in [-0.2, 0) is 29.0 Å². The highest BCUT2D eigenvalue weighted by Gasteiger charge is 2.25. The fourth-order valence-corrected chi connectivity index (χ4v) is 4.67. The lowest BCUT2D eigenvalue weighted by Crippen LogP contribution is -2.30. The van der Waals surface area contributed by atoms with E-state index in [9.17, 15) is 22.7 Å². The second kappa shape index (κ2) is 12.8. The first kappa shape index (κ1) is 28.9. The number of aromatic nitrogens is 1. The number of rotatable bonds is 11. The Morgan fingerprint density at radius 1 is 1.18 bits per heavy atom. The van der Waals surface area contributed by atoms with Crippen LogP contribution in [0.3, 0.4) is 0 Å². The maximum absolute atomic E-state index is 13.5. The molecule has 0 spiro atoms. The lowest BCUT2D eigenvalue weighted by Gasteiger charge is -2.19. The van der Waals surface area contributed by atoms with E-state index in [1.807, 2.05) is 6.92 Å². The minimum absolute atomic E-state index is 0.000294. The first-order valence-electron chi connectivity index (χ1n) is 12.4. The molecule has 0 saturated heterocycles. The number of methoxy groups -OCH3 is 1. The molecule has 4 rings (SSSR count). The number of carbonyl (C=O) groups excluding carboxylic acids is 2. The van der Waals surface area contributed by atoms with Crippen LogP contribution in [0.1, 0.15) is 38.9 Å². The van der Waals surface area contributed by atoms with Gasteiger partial charge in [-0.1, -0.05) is 19.1 Å². The van der Waals surface area contributed by atoms with Crippen LogP contribution in [0, 0.1) is 5.82 Å². The molecule has 12 heteroatoms. The van der Waals surface area contributed by atoms with Crippen molar-refractivity contribution >= 4 is 34.2 Å². The largest absolute Gasteiger partial charge is 0.491 e. The Bertz CT molecular complexity index is 1560. The van der Waals surface area contributed by atoms with E-state index in [0.717, 1.165) is 5.56 Å². The number of hydrogen-bond acceptors (Lipinski definition) is 7. The Hall–Kier alpha value is -4.13. The highest BCUT2D eigenvalue weighted by molar-refractivity contribution is 7.76. The summed E-state index contributed by atoms with van der Waals surface area (Å²) in [5.74, 6) is -0.848. The third kappa shape index (κ3) is 6.19. The van der Waals surface area contributed by atoms with E-state index in [1.54, 1.807) is 30.3 Å². The van der Waals surface area contributed by atoms with E-state index in [4.69, 9.17) is 13.9 Å².